The van der Waals surface area contributed by atoms with E-state index >= 15 is 0 Å². The molecule has 0 radical (unpaired) electrons. The van der Waals surface area contributed by atoms with Crippen LogP contribution in [0.25, 0.3) is 0 Å². The minimum Gasteiger partial charge on any atom is -0.327 e. The second-order valence-electron chi connectivity index (χ2n) is 5.98. The first-order chi connectivity index (χ1) is 10.4. The van der Waals surface area contributed by atoms with E-state index in [0.717, 1.165) is 24.1 Å². The van der Waals surface area contributed by atoms with Crippen LogP contribution in [0.15, 0.2) is 23.1 Å². The van der Waals surface area contributed by atoms with Gasteiger partial charge < -0.3 is 10.6 Å². The molecule has 0 spiro atoms. The number of carbonyl (C=O) groups excluding carboxylic acids is 1. The fourth-order valence-electron chi connectivity index (χ4n) is 3.21. The molecule has 1 aromatic carbocycles. The number of benzene rings is 1. The summed E-state index contributed by atoms with van der Waals surface area (Å²) in [7, 11) is -3.50. The van der Waals surface area contributed by atoms with Gasteiger partial charge in [0.25, 0.3) is 0 Å². The van der Waals surface area contributed by atoms with Gasteiger partial charge in [-0.2, -0.15) is 4.31 Å². The van der Waals surface area contributed by atoms with E-state index in [4.69, 9.17) is 5.73 Å². The summed E-state index contributed by atoms with van der Waals surface area (Å²) in [4.78, 5) is 13.5. The Balaban J connectivity index is 0.00000192. The van der Waals surface area contributed by atoms with Gasteiger partial charge in [0.1, 0.15) is 0 Å². The molecule has 1 fully saturated rings. The minimum absolute atomic E-state index is 0. The highest BCUT2D eigenvalue weighted by molar-refractivity contribution is 7.89. The van der Waals surface area contributed by atoms with Crippen molar-refractivity contribution in [3.63, 3.8) is 0 Å². The number of nitrogens with zero attached hydrogens (tertiary/aromatic N) is 2. The molecule has 2 aliphatic rings. The van der Waals surface area contributed by atoms with Crippen LogP contribution in [0.1, 0.15) is 25.3 Å². The quantitative estimate of drug-likeness (QED) is 0.857. The zero-order chi connectivity index (χ0) is 15.9. The van der Waals surface area contributed by atoms with Crippen LogP contribution in [-0.4, -0.2) is 44.3 Å². The molecule has 3 rings (SSSR count). The predicted octanol–water partition coefficient (Wildman–Crippen LogP) is 1.13. The Hall–Kier alpha value is -1.15. The molecule has 2 heterocycles. The lowest BCUT2D eigenvalue weighted by atomic mass is 10.1. The Labute approximate surface area is 143 Å². The number of sulfonamides is 1. The SMILES string of the molecule is CC(=O)N1CCc2cc(S(=O)(=O)N3CCCC(N)C3)ccc21.Cl. The molecule has 1 atom stereocenters. The molecule has 128 valence electrons. The second kappa shape index (κ2) is 6.76. The van der Waals surface area contributed by atoms with Crippen LogP contribution >= 0.6 is 12.4 Å². The molecule has 6 nitrogen and oxygen atoms in total. The Morgan fingerprint density at radius 2 is 2.04 bits per heavy atom. The summed E-state index contributed by atoms with van der Waals surface area (Å²) < 4.78 is 26.9. The molecule has 0 aromatic heterocycles. The van der Waals surface area contributed by atoms with E-state index in [1.54, 1.807) is 23.1 Å². The lowest BCUT2D eigenvalue weighted by Gasteiger charge is -2.30. The first-order valence-corrected chi connectivity index (χ1v) is 9.00. The maximum Gasteiger partial charge on any atom is 0.243 e. The largest absolute Gasteiger partial charge is 0.327 e. The molecule has 1 unspecified atom stereocenters. The van der Waals surface area contributed by atoms with E-state index in [0.29, 0.717) is 31.0 Å². The van der Waals surface area contributed by atoms with Crippen LogP contribution in [0.2, 0.25) is 0 Å². The first-order valence-electron chi connectivity index (χ1n) is 7.56. The van der Waals surface area contributed by atoms with Crippen molar-refractivity contribution < 1.29 is 13.2 Å². The number of anilines is 1. The van der Waals surface area contributed by atoms with Crippen molar-refractivity contribution in [3.05, 3.63) is 23.8 Å². The van der Waals surface area contributed by atoms with Crippen LogP contribution in [-0.2, 0) is 21.2 Å². The summed E-state index contributed by atoms with van der Waals surface area (Å²) in [6, 6.07) is 4.94. The van der Waals surface area contributed by atoms with Gasteiger partial charge >= 0.3 is 0 Å². The lowest BCUT2D eigenvalue weighted by Crippen LogP contribution is -2.45. The average molecular weight is 360 g/mol. The highest BCUT2D eigenvalue weighted by atomic mass is 35.5. The number of piperidine rings is 1. The van der Waals surface area contributed by atoms with Crippen LogP contribution in [0.5, 0.6) is 0 Å². The number of hydrogen-bond acceptors (Lipinski definition) is 4. The van der Waals surface area contributed by atoms with Crippen molar-refractivity contribution in [1.82, 2.24) is 4.31 Å². The molecule has 1 amide bonds. The van der Waals surface area contributed by atoms with E-state index in [2.05, 4.69) is 0 Å². The zero-order valence-corrected chi connectivity index (χ0v) is 14.7. The van der Waals surface area contributed by atoms with Gasteiger partial charge in [0, 0.05) is 38.3 Å². The van der Waals surface area contributed by atoms with E-state index in [1.807, 2.05) is 0 Å². The fraction of sp³-hybridized carbons (Fsp3) is 0.533. The molecule has 8 heteroatoms. The maximum atomic E-state index is 12.7. The van der Waals surface area contributed by atoms with E-state index < -0.39 is 10.0 Å². The summed E-state index contributed by atoms with van der Waals surface area (Å²) in [6.07, 6.45) is 2.35. The van der Waals surface area contributed by atoms with Gasteiger partial charge in [-0.05, 0) is 43.0 Å². The third-order valence-corrected chi connectivity index (χ3v) is 6.25. The lowest BCUT2D eigenvalue weighted by molar-refractivity contribution is -0.116. The smallest absolute Gasteiger partial charge is 0.243 e. The van der Waals surface area contributed by atoms with Crippen LogP contribution in [0.3, 0.4) is 0 Å². The summed E-state index contributed by atoms with van der Waals surface area (Å²) in [5.74, 6) is -0.0173. The minimum atomic E-state index is -3.50. The van der Waals surface area contributed by atoms with Crippen molar-refractivity contribution in [3.8, 4) is 0 Å². The van der Waals surface area contributed by atoms with Crippen molar-refractivity contribution >= 4 is 34.0 Å². The number of nitrogens with two attached hydrogens (primary N) is 1. The molecule has 0 saturated carbocycles. The van der Waals surface area contributed by atoms with Crippen molar-refractivity contribution in [2.45, 2.75) is 37.1 Å². The van der Waals surface area contributed by atoms with Crippen molar-refractivity contribution in [2.24, 2.45) is 5.73 Å². The predicted molar refractivity (Wildman–Crippen MR) is 91.4 cm³/mol. The van der Waals surface area contributed by atoms with E-state index in [9.17, 15) is 13.2 Å². The molecule has 2 aliphatic heterocycles. The van der Waals surface area contributed by atoms with Gasteiger partial charge in [-0.25, -0.2) is 8.42 Å². The topological polar surface area (TPSA) is 83.7 Å². The third-order valence-electron chi connectivity index (χ3n) is 4.38. The number of hydrogen-bond donors (Lipinski definition) is 1. The van der Waals surface area contributed by atoms with Gasteiger partial charge in [0.2, 0.25) is 15.9 Å². The summed E-state index contributed by atoms with van der Waals surface area (Å²) >= 11 is 0. The number of rotatable bonds is 2. The molecule has 1 saturated heterocycles. The molecule has 23 heavy (non-hydrogen) atoms. The van der Waals surface area contributed by atoms with E-state index in [1.165, 1.54) is 11.2 Å². The van der Waals surface area contributed by atoms with Gasteiger partial charge in [0.15, 0.2) is 0 Å². The first kappa shape index (κ1) is 18.2. The standard InChI is InChI=1S/C15H21N3O3S.ClH/c1-11(19)18-8-6-12-9-14(4-5-15(12)18)22(20,21)17-7-2-3-13(16)10-17;/h4-5,9,13H,2-3,6-8,10,16H2,1H3;1H. The number of carbonyl (C=O) groups is 1. The third kappa shape index (κ3) is 3.38. The number of amides is 1. The molecule has 0 aliphatic carbocycles. The molecule has 2 N–H and O–H groups in total. The summed E-state index contributed by atoms with van der Waals surface area (Å²) in [6.45, 7) is 3.03. The normalized spacial score (nSPS) is 21.7. The molecule has 1 aromatic rings. The van der Waals surface area contributed by atoms with Crippen LogP contribution < -0.4 is 10.6 Å². The Bertz CT molecular complexity index is 708. The average Bonchev–Trinajstić information content (AvgIpc) is 2.90. The molecular weight excluding hydrogens is 338 g/mol. The Kier molecular flexibility index (Phi) is 5.35. The van der Waals surface area contributed by atoms with Crippen LogP contribution in [0, 0.1) is 0 Å². The Morgan fingerprint density at radius 1 is 1.30 bits per heavy atom. The fourth-order valence-corrected chi connectivity index (χ4v) is 4.79. The van der Waals surface area contributed by atoms with Gasteiger partial charge in [-0.1, -0.05) is 0 Å². The van der Waals surface area contributed by atoms with Crippen molar-refractivity contribution in [2.75, 3.05) is 24.5 Å². The van der Waals surface area contributed by atoms with Gasteiger partial charge in [0.05, 0.1) is 4.90 Å². The summed E-state index contributed by atoms with van der Waals surface area (Å²) in [5, 5.41) is 0. The van der Waals surface area contributed by atoms with Crippen molar-refractivity contribution in [1.29, 1.82) is 0 Å². The van der Waals surface area contributed by atoms with Crippen LogP contribution in [0.4, 0.5) is 5.69 Å². The number of fused-ring (bicyclic) bond motifs is 1. The highest BCUT2D eigenvalue weighted by Crippen LogP contribution is 2.31. The monoisotopic (exact) mass is 359 g/mol. The maximum absolute atomic E-state index is 12.7. The molecular formula is C15H22ClN3O3S. The molecule has 0 bridgehead atoms. The van der Waals surface area contributed by atoms with E-state index in [-0.39, 0.29) is 24.4 Å². The van der Waals surface area contributed by atoms with Gasteiger partial charge in [-0.15, -0.1) is 12.4 Å². The van der Waals surface area contributed by atoms with Gasteiger partial charge in [-0.3, -0.25) is 4.79 Å². The second-order valence-corrected chi connectivity index (χ2v) is 7.91. The zero-order valence-electron chi connectivity index (χ0n) is 13.1. The highest BCUT2D eigenvalue weighted by Gasteiger charge is 2.30. The number of halogens is 1. The Morgan fingerprint density at radius 3 is 2.70 bits per heavy atom. The summed E-state index contributed by atoms with van der Waals surface area (Å²) in [5.41, 5.74) is 7.63.